The van der Waals surface area contributed by atoms with E-state index in [-0.39, 0.29) is 5.91 Å². The van der Waals surface area contributed by atoms with Crippen molar-refractivity contribution in [3.05, 3.63) is 35.4 Å². The second-order valence-electron chi connectivity index (χ2n) is 6.09. The highest BCUT2D eigenvalue weighted by Gasteiger charge is 2.27. The quantitative estimate of drug-likeness (QED) is 0.918. The number of amides is 1. The van der Waals surface area contributed by atoms with Gasteiger partial charge in [-0.05, 0) is 38.8 Å². The first kappa shape index (κ1) is 14.8. The van der Waals surface area contributed by atoms with Crippen LogP contribution < -0.4 is 0 Å². The van der Waals surface area contributed by atoms with Gasteiger partial charge in [0.05, 0.1) is 5.69 Å². The van der Waals surface area contributed by atoms with Crippen molar-refractivity contribution >= 4 is 5.91 Å². The molecule has 0 spiro atoms. The minimum Gasteiger partial charge on any atom is -0.342 e. The van der Waals surface area contributed by atoms with Gasteiger partial charge in [0.25, 0.3) is 0 Å². The molecule has 0 aliphatic carbocycles. The number of aryl methyl sites for hydroxylation is 3. The molecule has 1 atom stereocenters. The third-order valence-electron chi connectivity index (χ3n) is 4.37. The molecule has 3 rings (SSSR count). The van der Waals surface area contributed by atoms with Crippen LogP contribution in [0.1, 0.15) is 42.3 Å². The number of carbonyl (C=O) groups excluding carboxylic acids is 1. The zero-order valence-electron chi connectivity index (χ0n) is 13.2. The highest BCUT2D eigenvalue weighted by molar-refractivity contribution is 5.76. The predicted octanol–water partition coefficient (Wildman–Crippen LogP) is 2.02. The Labute approximate surface area is 130 Å². The van der Waals surface area contributed by atoms with Gasteiger partial charge in [0.15, 0.2) is 0 Å². The van der Waals surface area contributed by atoms with Gasteiger partial charge in [-0.15, -0.1) is 0 Å². The fourth-order valence-corrected chi connectivity index (χ4v) is 3.17. The lowest BCUT2D eigenvalue weighted by Crippen LogP contribution is -2.28. The molecule has 118 valence electrons. The second kappa shape index (κ2) is 6.34. The maximum atomic E-state index is 12.3. The molecular formula is C16H23N5O. The molecule has 3 heterocycles. The van der Waals surface area contributed by atoms with Gasteiger partial charge in [-0.1, -0.05) is 0 Å². The lowest BCUT2D eigenvalue weighted by Gasteiger charge is -2.16. The number of carbonyl (C=O) groups is 1. The minimum atomic E-state index is 0.253. The molecule has 2 aromatic rings. The van der Waals surface area contributed by atoms with Gasteiger partial charge in [0.2, 0.25) is 5.91 Å². The Bertz CT molecular complexity index is 631. The number of nitrogens with zero attached hydrogens (tertiary/aromatic N) is 4. The number of hydrogen-bond acceptors (Lipinski definition) is 3. The molecule has 1 N–H and O–H groups in total. The number of likely N-dealkylation sites (tertiary alicyclic amines) is 1. The smallest absolute Gasteiger partial charge is 0.222 e. The molecule has 2 aromatic heterocycles. The zero-order chi connectivity index (χ0) is 15.5. The first-order chi connectivity index (χ1) is 10.6. The van der Waals surface area contributed by atoms with Crippen molar-refractivity contribution in [3.63, 3.8) is 0 Å². The maximum absolute atomic E-state index is 12.3. The number of H-pyrrole nitrogens is 1. The standard InChI is InChI=1S/C16H23N5O/c1-12-10-13(2)21(19-12)8-3-4-16(22)20-9-6-14(11-20)15-5-7-17-18-15/h5,7,10,14H,3-4,6,8-9,11H2,1-2H3,(H,17,18)/t14-/m0/s1. The van der Waals surface area contributed by atoms with Crippen molar-refractivity contribution in [2.24, 2.45) is 0 Å². The lowest BCUT2D eigenvalue weighted by atomic mass is 10.1. The van der Waals surface area contributed by atoms with Crippen LogP contribution in [0.25, 0.3) is 0 Å². The summed E-state index contributed by atoms with van der Waals surface area (Å²) in [6.07, 6.45) is 4.22. The van der Waals surface area contributed by atoms with E-state index in [2.05, 4.69) is 28.3 Å². The van der Waals surface area contributed by atoms with E-state index in [4.69, 9.17) is 0 Å². The van der Waals surface area contributed by atoms with E-state index in [1.165, 1.54) is 0 Å². The van der Waals surface area contributed by atoms with E-state index in [0.717, 1.165) is 49.6 Å². The highest BCUT2D eigenvalue weighted by Crippen LogP contribution is 2.25. The molecule has 22 heavy (non-hydrogen) atoms. The summed E-state index contributed by atoms with van der Waals surface area (Å²) in [6.45, 7) is 6.51. The average Bonchev–Trinajstić information content (AvgIpc) is 3.19. The Balaban J connectivity index is 1.46. The number of rotatable bonds is 5. The van der Waals surface area contributed by atoms with E-state index < -0.39 is 0 Å². The molecule has 1 aliphatic rings. The normalized spacial score (nSPS) is 18.1. The summed E-state index contributed by atoms with van der Waals surface area (Å²) in [7, 11) is 0. The molecule has 1 amide bonds. The molecule has 0 unspecified atom stereocenters. The van der Waals surface area contributed by atoms with Gasteiger partial charge in [-0.3, -0.25) is 14.6 Å². The summed E-state index contributed by atoms with van der Waals surface area (Å²) in [5, 5.41) is 11.4. The summed E-state index contributed by atoms with van der Waals surface area (Å²) < 4.78 is 1.99. The average molecular weight is 301 g/mol. The van der Waals surface area contributed by atoms with Crippen molar-refractivity contribution in [3.8, 4) is 0 Å². The van der Waals surface area contributed by atoms with E-state index in [0.29, 0.717) is 12.3 Å². The summed E-state index contributed by atoms with van der Waals surface area (Å²) in [5.41, 5.74) is 3.33. The number of aromatic amines is 1. The van der Waals surface area contributed by atoms with Crippen LogP contribution in [0.4, 0.5) is 0 Å². The predicted molar refractivity (Wildman–Crippen MR) is 83.5 cm³/mol. The molecule has 1 fully saturated rings. The van der Waals surface area contributed by atoms with Crippen LogP contribution in [0, 0.1) is 13.8 Å². The third-order valence-corrected chi connectivity index (χ3v) is 4.37. The van der Waals surface area contributed by atoms with Gasteiger partial charge < -0.3 is 4.90 Å². The van der Waals surface area contributed by atoms with E-state index in [1.807, 2.05) is 22.6 Å². The largest absolute Gasteiger partial charge is 0.342 e. The van der Waals surface area contributed by atoms with E-state index >= 15 is 0 Å². The number of nitrogens with one attached hydrogen (secondary N) is 1. The Hall–Kier alpha value is -2.11. The van der Waals surface area contributed by atoms with E-state index in [1.54, 1.807) is 6.20 Å². The van der Waals surface area contributed by atoms with Crippen LogP contribution >= 0.6 is 0 Å². The molecule has 1 saturated heterocycles. The molecule has 1 aliphatic heterocycles. The van der Waals surface area contributed by atoms with Gasteiger partial charge in [0.1, 0.15) is 0 Å². The van der Waals surface area contributed by atoms with Crippen molar-refractivity contribution in [1.82, 2.24) is 24.9 Å². The Morgan fingerprint density at radius 2 is 2.32 bits per heavy atom. The summed E-state index contributed by atoms with van der Waals surface area (Å²) >= 11 is 0. The first-order valence-corrected chi connectivity index (χ1v) is 7.91. The molecule has 0 radical (unpaired) electrons. The van der Waals surface area contributed by atoms with Crippen molar-refractivity contribution in [1.29, 1.82) is 0 Å². The highest BCUT2D eigenvalue weighted by atomic mass is 16.2. The fourth-order valence-electron chi connectivity index (χ4n) is 3.17. The molecule has 0 bridgehead atoms. The van der Waals surface area contributed by atoms with Crippen molar-refractivity contribution in [2.75, 3.05) is 13.1 Å². The van der Waals surface area contributed by atoms with Gasteiger partial charge in [0, 0.05) is 49.6 Å². The maximum Gasteiger partial charge on any atom is 0.222 e. The molecular weight excluding hydrogens is 278 g/mol. The zero-order valence-corrected chi connectivity index (χ0v) is 13.2. The second-order valence-corrected chi connectivity index (χ2v) is 6.09. The van der Waals surface area contributed by atoms with Crippen molar-refractivity contribution < 1.29 is 4.79 Å². The minimum absolute atomic E-state index is 0.253. The number of hydrogen-bond donors (Lipinski definition) is 1. The summed E-state index contributed by atoms with van der Waals surface area (Å²) in [5.74, 6) is 0.658. The topological polar surface area (TPSA) is 66.8 Å². The van der Waals surface area contributed by atoms with Gasteiger partial charge >= 0.3 is 0 Å². The first-order valence-electron chi connectivity index (χ1n) is 7.91. The van der Waals surface area contributed by atoms with E-state index in [9.17, 15) is 4.79 Å². The summed E-state index contributed by atoms with van der Waals surface area (Å²) in [6, 6.07) is 4.07. The molecule has 6 heteroatoms. The molecule has 6 nitrogen and oxygen atoms in total. The monoisotopic (exact) mass is 301 g/mol. The van der Waals surface area contributed by atoms with Crippen LogP contribution in [0.2, 0.25) is 0 Å². The molecule has 0 aromatic carbocycles. The Kier molecular flexibility index (Phi) is 4.27. The third kappa shape index (κ3) is 3.21. The van der Waals surface area contributed by atoms with Crippen LogP contribution in [-0.4, -0.2) is 43.9 Å². The van der Waals surface area contributed by atoms with Gasteiger partial charge in [-0.25, -0.2) is 0 Å². The van der Waals surface area contributed by atoms with Crippen LogP contribution in [0.5, 0.6) is 0 Å². The Morgan fingerprint density at radius 3 is 3.00 bits per heavy atom. The van der Waals surface area contributed by atoms with Crippen LogP contribution in [0.15, 0.2) is 18.3 Å². The van der Waals surface area contributed by atoms with Crippen LogP contribution in [0.3, 0.4) is 0 Å². The fraction of sp³-hybridized carbons (Fsp3) is 0.562. The van der Waals surface area contributed by atoms with Gasteiger partial charge in [-0.2, -0.15) is 10.2 Å². The Morgan fingerprint density at radius 1 is 1.45 bits per heavy atom. The molecule has 0 saturated carbocycles. The van der Waals surface area contributed by atoms with Crippen molar-refractivity contribution in [2.45, 2.75) is 45.6 Å². The summed E-state index contributed by atoms with van der Waals surface area (Å²) in [4.78, 5) is 14.3. The lowest BCUT2D eigenvalue weighted by molar-refractivity contribution is -0.130. The number of aromatic nitrogens is 4. The SMILES string of the molecule is Cc1cc(C)n(CCCC(=O)N2CC[C@H](c3ccn[nH]3)C2)n1. The van der Waals surface area contributed by atoms with Crippen LogP contribution in [-0.2, 0) is 11.3 Å².